The molecule has 0 saturated carbocycles. The fourth-order valence-corrected chi connectivity index (χ4v) is 3.31. The lowest BCUT2D eigenvalue weighted by atomic mass is 9.80. The monoisotopic (exact) mass is 281 g/mol. The van der Waals surface area contributed by atoms with Crippen molar-refractivity contribution in [1.82, 2.24) is 15.5 Å². The summed E-state index contributed by atoms with van der Waals surface area (Å²) in [5.41, 5.74) is 0.285. The van der Waals surface area contributed by atoms with Gasteiger partial charge in [-0.2, -0.15) is 0 Å². The average molecular weight is 281 g/mol. The molecule has 116 valence electrons. The summed E-state index contributed by atoms with van der Waals surface area (Å²) in [5, 5.41) is 6.66. The Morgan fingerprint density at radius 1 is 1.40 bits per heavy atom. The fourth-order valence-electron chi connectivity index (χ4n) is 3.31. The van der Waals surface area contributed by atoms with Gasteiger partial charge in [0.1, 0.15) is 0 Å². The van der Waals surface area contributed by atoms with Crippen LogP contribution in [0.1, 0.15) is 46.0 Å². The molecule has 2 atom stereocenters. The zero-order chi connectivity index (χ0) is 14.6. The Morgan fingerprint density at radius 3 is 2.75 bits per heavy atom. The van der Waals surface area contributed by atoms with Crippen molar-refractivity contribution in [3.8, 4) is 0 Å². The maximum absolute atomic E-state index is 12.1. The van der Waals surface area contributed by atoms with Gasteiger partial charge in [-0.15, -0.1) is 0 Å². The Labute approximate surface area is 123 Å². The molecule has 2 N–H and O–H groups in total. The number of hydrogen-bond donors (Lipinski definition) is 2. The summed E-state index contributed by atoms with van der Waals surface area (Å²) in [6, 6.07) is 0.369. The van der Waals surface area contributed by atoms with Gasteiger partial charge in [-0.05, 0) is 63.7 Å². The number of carbonyl (C=O) groups excluding carboxylic acids is 1. The highest BCUT2D eigenvalue weighted by atomic mass is 16.1. The number of nitrogens with zero attached hydrogens (tertiary/aromatic N) is 1. The van der Waals surface area contributed by atoms with Crippen LogP contribution in [0.4, 0.5) is 0 Å². The molecule has 0 aliphatic carbocycles. The summed E-state index contributed by atoms with van der Waals surface area (Å²) >= 11 is 0. The Morgan fingerprint density at radius 2 is 2.10 bits per heavy atom. The minimum absolute atomic E-state index is 0.219. The quantitative estimate of drug-likeness (QED) is 0.823. The average Bonchev–Trinajstić information content (AvgIpc) is 2.43. The van der Waals surface area contributed by atoms with Gasteiger partial charge in [-0.1, -0.05) is 13.8 Å². The number of rotatable bonds is 4. The number of nitrogens with one attached hydrogen (secondary N) is 2. The van der Waals surface area contributed by atoms with Crippen molar-refractivity contribution >= 4 is 5.91 Å². The van der Waals surface area contributed by atoms with Crippen LogP contribution in [0, 0.1) is 11.3 Å². The molecule has 2 fully saturated rings. The first-order valence-corrected chi connectivity index (χ1v) is 8.17. The van der Waals surface area contributed by atoms with Crippen LogP contribution in [-0.4, -0.2) is 50.1 Å². The molecule has 2 rings (SSSR count). The summed E-state index contributed by atoms with van der Waals surface area (Å²) in [6.07, 6.45) is 5.49. The van der Waals surface area contributed by atoms with Crippen LogP contribution in [0.5, 0.6) is 0 Å². The van der Waals surface area contributed by atoms with Crippen molar-refractivity contribution in [2.45, 2.75) is 52.0 Å². The van der Waals surface area contributed by atoms with Crippen molar-refractivity contribution < 1.29 is 4.79 Å². The standard InChI is InChI=1S/C16H31N3O/c1-13-5-4-8-17-14(13)11-15(20)18-12-16(2)6-9-19(3)10-7-16/h13-14,17H,4-12H2,1-3H3,(H,18,20). The molecule has 2 unspecified atom stereocenters. The molecule has 2 saturated heterocycles. The predicted molar refractivity (Wildman–Crippen MR) is 82.7 cm³/mol. The third kappa shape index (κ3) is 4.45. The molecule has 0 aromatic heterocycles. The highest BCUT2D eigenvalue weighted by Gasteiger charge is 2.30. The van der Waals surface area contributed by atoms with E-state index in [0.29, 0.717) is 18.4 Å². The van der Waals surface area contributed by atoms with Crippen molar-refractivity contribution in [3.05, 3.63) is 0 Å². The Balaban J connectivity index is 1.71. The first-order valence-electron chi connectivity index (χ1n) is 8.17. The second kappa shape index (κ2) is 6.90. The lowest BCUT2D eigenvalue weighted by Crippen LogP contribution is -2.46. The zero-order valence-electron chi connectivity index (χ0n) is 13.4. The summed E-state index contributed by atoms with van der Waals surface area (Å²) in [6.45, 7) is 8.75. The van der Waals surface area contributed by atoms with Gasteiger partial charge in [0.2, 0.25) is 5.91 Å². The molecule has 4 heteroatoms. The topological polar surface area (TPSA) is 44.4 Å². The number of carbonyl (C=O) groups is 1. The summed E-state index contributed by atoms with van der Waals surface area (Å²) in [7, 11) is 2.17. The Hall–Kier alpha value is -0.610. The molecule has 0 aromatic rings. The van der Waals surface area contributed by atoms with Crippen LogP contribution in [0.25, 0.3) is 0 Å². The van der Waals surface area contributed by atoms with Gasteiger partial charge in [0.15, 0.2) is 0 Å². The normalized spacial score (nSPS) is 30.9. The minimum Gasteiger partial charge on any atom is -0.356 e. The number of amides is 1. The van der Waals surface area contributed by atoms with Gasteiger partial charge in [0, 0.05) is 19.0 Å². The van der Waals surface area contributed by atoms with E-state index in [2.05, 4.69) is 36.4 Å². The SMILES string of the molecule is CC1CCCNC1CC(=O)NCC1(C)CCN(C)CC1. The molecule has 0 radical (unpaired) electrons. The fraction of sp³-hybridized carbons (Fsp3) is 0.938. The van der Waals surface area contributed by atoms with E-state index >= 15 is 0 Å². The third-order valence-electron chi connectivity index (χ3n) is 5.24. The maximum atomic E-state index is 12.1. The number of piperidine rings is 2. The first-order chi connectivity index (χ1) is 9.48. The van der Waals surface area contributed by atoms with Crippen LogP contribution >= 0.6 is 0 Å². The summed E-state index contributed by atoms with van der Waals surface area (Å²) in [4.78, 5) is 14.5. The highest BCUT2D eigenvalue weighted by Crippen LogP contribution is 2.29. The summed E-state index contributed by atoms with van der Waals surface area (Å²) in [5.74, 6) is 0.838. The van der Waals surface area contributed by atoms with E-state index in [1.807, 2.05) is 0 Å². The molecule has 0 aromatic carbocycles. The molecule has 1 amide bonds. The minimum atomic E-state index is 0.219. The molecule has 0 spiro atoms. The van der Waals surface area contributed by atoms with Gasteiger partial charge < -0.3 is 15.5 Å². The van der Waals surface area contributed by atoms with E-state index < -0.39 is 0 Å². The van der Waals surface area contributed by atoms with Gasteiger partial charge in [-0.25, -0.2) is 0 Å². The maximum Gasteiger partial charge on any atom is 0.221 e. The van der Waals surface area contributed by atoms with Crippen LogP contribution < -0.4 is 10.6 Å². The van der Waals surface area contributed by atoms with Crippen molar-refractivity contribution in [1.29, 1.82) is 0 Å². The smallest absolute Gasteiger partial charge is 0.221 e. The van der Waals surface area contributed by atoms with Crippen LogP contribution in [0.15, 0.2) is 0 Å². The molecule has 4 nitrogen and oxygen atoms in total. The molecule has 2 aliphatic rings. The number of likely N-dealkylation sites (tertiary alicyclic amines) is 1. The van der Waals surface area contributed by atoms with Crippen LogP contribution in [-0.2, 0) is 4.79 Å². The van der Waals surface area contributed by atoms with Gasteiger partial charge in [0.25, 0.3) is 0 Å². The lowest BCUT2D eigenvalue weighted by molar-refractivity contribution is -0.122. The molecule has 2 heterocycles. The van der Waals surface area contributed by atoms with Crippen molar-refractivity contribution in [3.63, 3.8) is 0 Å². The second-order valence-corrected chi connectivity index (χ2v) is 7.27. The van der Waals surface area contributed by atoms with E-state index in [1.165, 1.54) is 25.7 Å². The zero-order valence-corrected chi connectivity index (χ0v) is 13.4. The Bertz CT molecular complexity index is 324. The number of hydrogen-bond acceptors (Lipinski definition) is 3. The molecule has 2 aliphatic heterocycles. The van der Waals surface area contributed by atoms with E-state index in [4.69, 9.17) is 0 Å². The van der Waals surface area contributed by atoms with Gasteiger partial charge in [0.05, 0.1) is 0 Å². The molecule has 0 bridgehead atoms. The lowest BCUT2D eigenvalue weighted by Gasteiger charge is -2.38. The third-order valence-corrected chi connectivity index (χ3v) is 5.24. The van der Waals surface area contributed by atoms with E-state index in [1.54, 1.807) is 0 Å². The van der Waals surface area contributed by atoms with Crippen molar-refractivity contribution in [2.24, 2.45) is 11.3 Å². The molecule has 20 heavy (non-hydrogen) atoms. The molecular formula is C16H31N3O. The van der Waals surface area contributed by atoms with Gasteiger partial charge in [-0.3, -0.25) is 4.79 Å². The van der Waals surface area contributed by atoms with Crippen LogP contribution in [0.2, 0.25) is 0 Å². The predicted octanol–water partition coefficient (Wildman–Crippen LogP) is 1.61. The summed E-state index contributed by atoms with van der Waals surface area (Å²) < 4.78 is 0. The molecular weight excluding hydrogens is 250 g/mol. The van der Waals surface area contributed by atoms with Crippen LogP contribution in [0.3, 0.4) is 0 Å². The van der Waals surface area contributed by atoms with Crippen molar-refractivity contribution in [2.75, 3.05) is 33.2 Å². The highest BCUT2D eigenvalue weighted by molar-refractivity contribution is 5.76. The largest absolute Gasteiger partial charge is 0.356 e. The van der Waals surface area contributed by atoms with E-state index in [0.717, 1.165) is 26.2 Å². The van der Waals surface area contributed by atoms with Gasteiger partial charge >= 0.3 is 0 Å². The van der Waals surface area contributed by atoms with E-state index in [9.17, 15) is 4.79 Å². The van der Waals surface area contributed by atoms with E-state index in [-0.39, 0.29) is 11.3 Å². The Kier molecular flexibility index (Phi) is 5.44. The second-order valence-electron chi connectivity index (χ2n) is 7.27. The first kappa shape index (κ1) is 15.8.